The fourth-order valence-corrected chi connectivity index (χ4v) is 3.94. The Hall–Kier alpha value is -2.03. The number of aliphatic carboxylic acids is 3. The fraction of sp³-hybridized carbons (Fsp3) is 0.800. The minimum Gasteiger partial charge on any atom is -0.480 e. The van der Waals surface area contributed by atoms with Gasteiger partial charge in [0.2, 0.25) is 0 Å². The maximum Gasteiger partial charge on any atom is 0.490 e. The summed E-state index contributed by atoms with van der Waals surface area (Å²) in [5.74, 6) is -7.69. The van der Waals surface area contributed by atoms with Crippen molar-refractivity contribution in [2.45, 2.75) is 49.5 Å². The van der Waals surface area contributed by atoms with Crippen molar-refractivity contribution in [3.05, 3.63) is 0 Å². The van der Waals surface area contributed by atoms with Crippen LogP contribution in [0.2, 0.25) is 6.32 Å². The third-order valence-electron chi connectivity index (χ3n) is 4.65. The van der Waals surface area contributed by atoms with E-state index in [9.17, 15) is 53.4 Å². The lowest BCUT2D eigenvalue weighted by molar-refractivity contribution is -0.193. The van der Waals surface area contributed by atoms with Crippen molar-refractivity contribution in [2.24, 2.45) is 17.4 Å². The van der Waals surface area contributed by atoms with Crippen molar-refractivity contribution in [2.75, 3.05) is 19.6 Å². The largest absolute Gasteiger partial charge is 0.490 e. The predicted molar refractivity (Wildman–Crippen MR) is 123 cm³/mol. The van der Waals surface area contributed by atoms with Gasteiger partial charge in [-0.2, -0.15) is 52.6 Å². The number of nitrogens with two attached hydrogens (primary N) is 2. The maximum absolute atomic E-state index is 12.4. The van der Waals surface area contributed by atoms with Crippen LogP contribution in [0.15, 0.2) is 0 Å². The number of rotatable bonds is 10. The molecule has 10 N–H and O–H groups in total. The van der Waals surface area contributed by atoms with Crippen molar-refractivity contribution >= 4 is 48.7 Å². The molecule has 14 nitrogen and oxygen atoms in total. The SMILES string of the molecule is N[C@@H](CNS(=O)(=O)N1C[C@H](CCCB(O)O)[C@](N)(C(=O)O)C1)C(F)F.O=C(O)C(F)(F)F.O=C(O)C(F)(F)F.S. The van der Waals surface area contributed by atoms with E-state index >= 15 is 0 Å². The van der Waals surface area contributed by atoms with Gasteiger partial charge < -0.3 is 36.8 Å². The maximum atomic E-state index is 12.4. The molecule has 1 rings (SSSR count). The van der Waals surface area contributed by atoms with Crippen molar-refractivity contribution in [1.29, 1.82) is 0 Å². The molecule has 1 heterocycles. The van der Waals surface area contributed by atoms with E-state index in [-0.39, 0.29) is 39.2 Å². The summed E-state index contributed by atoms with van der Waals surface area (Å²) in [5, 5.41) is 41.3. The van der Waals surface area contributed by atoms with Crippen LogP contribution in [0, 0.1) is 5.92 Å². The van der Waals surface area contributed by atoms with E-state index in [0.717, 1.165) is 4.31 Å². The van der Waals surface area contributed by atoms with Gasteiger partial charge in [-0.15, -0.1) is 0 Å². The molecule has 0 saturated carbocycles. The van der Waals surface area contributed by atoms with Gasteiger partial charge in [-0.1, -0.05) is 6.42 Å². The first-order valence-corrected chi connectivity index (χ1v) is 11.5. The first kappa shape index (κ1) is 42.4. The van der Waals surface area contributed by atoms with Crippen molar-refractivity contribution in [3.8, 4) is 0 Å². The number of nitrogens with zero attached hydrogens (tertiary/aromatic N) is 1. The normalized spacial score (nSPS) is 20.3. The topological polar surface area (TPSA) is 254 Å². The second-order valence-electron chi connectivity index (χ2n) is 7.70. The zero-order chi connectivity index (χ0) is 31.6. The van der Waals surface area contributed by atoms with Gasteiger partial charge >= 0.3 is 37.4 Å². The molecule has 238 valence electrons. The van der Waals surface area contributed by atoms with Crippen LogP contribution in [0.1, 0.15) is 12.8 Å². The summed E-state index contributed by atoms with van der Waals surface area (Å²) in [6.45, 7) is -1.47. The van der Waals surface area contributed by atoms with Crippen molar-refractivity contribution in [3.63, 3.8) is 0 Å². The average Bonchev–Trinajstić information content (AvgIpc) is 3.10. The van der Waals surface area contributed by atoms with Crippen LogP contribution >= 0.6 is 13.5 Å². The Kier molecular flexibility index (Phi) is 18.1. The molecule has 0 amide bonds. The molecule has 0 aliphatic carbocycles. The fourth-order valence-electron chi connectivity index (χ4n) is 2.60. The number of halogens is 8. The molecular weight excluding hydrogens is 623 g/mol. The van der Waals surface area contributed by atoms with Crippen molar-refractivity contribution in [1.82, 2.24) is 9.03 Å². The Labute approximate surface area is 228 Å². The number of hydrogen-bond donors (Lipinski definition) is 8. The van der Waals surface area contributed by atoms with Crippen LogP contribution in [0.5, 0.6) is 0 Å². The highest BCUT2D eigenvalue weighted by Gasteiger charge is 2.52. The Balaban J connectivity index is -0.000000751. The van der Waals surface area contributed by atoms with Crippen LogP contribution in [0.25, 0.3) is 0 Å². The highest BCUT2D eigenvalue weighted by Crippen LogP contribution is 2.31. The molecule has 0 unspecified atom stereocenters. The monoisotopic (exact) mass is 650 g/mol. The molecule has 0 spiro atoms. The lowest BCUT2D eigenvalue weighted by atomic mass is 9.78. The van der Waals surface area contributed by atoms with Crippen LogP contribution in [0.3, 0.4) is 0 Å². The molecule has 40 heavy (non-hydrogen) atoms. The molecule has 1 aliphatic rings. The Morgan fingerprint density at radius 2 is 1.43 bits per heavy atom. The molecule has 1 saturated heterocycles. The number of nitrogens with one attached hydrogen (secondary N) is 1. The Bertz CT molecular complexity index is 906. The van der Waals surface area contributed by atoms with E-state index in [4.69, 9.17) is 41.3 Å². The van der Waals surface area contributed by atoms with E-state index < -0.39 is 84.6 Å². The van der Waals surface area contributed by atoms with E-state index in [1.807, 2.05) is 4.72 Å². The van der Waals surface area contributed by atoms with Gasteiger partial charge in [0.25, 0.3) is 16.6 Å². The van der Waals surface area contributed by atoms with Crippen LogP contribution in [0.4, 0.5) is 35.1 Å². The van der Waals surface area contributed by atoms with E-state index in [0.29, 0.717) is 0 Å². The highest BCUT2D eigenvalue weighted by molar-refractivity contribution is 7.87. The van der Waals surface area contributed by atoms with E-state index in [1.165, 1.54) is 0 Å². The molecule has 0 aromatic heterocycles. The molecule has 0 aromatic carbocycles. The predicted octanol–water partition coefficient (Wildman–Crippen LogP) is -1.24. The number of carbonyl (C=O) groups is 3. The van der Waals surface area contributed by atoms with Crippen LogP contribution in [-0.4, -0.2) is 113 Å². The molecule has 1 aliphatic heterocycles. The molecule has 3 atom stereocenters. The van der Waals surface area contributed by atoms with E-state index in [2.05, 4.69) is 0 Å². The summed E-state index contributed by atoms with van der Waals surface area (Å²) >= 11 is 0. The summed E-state index contributed by atoms with van der Waals surface area (Å²) in [7, 11) is -5.80. The zero-order valence-corrected chi connectivity index (χ0v) is 21.7. The number of alkyl halides is 8. The first-order chi connectivity index (χ1) is 17.3. The van der Waals surface area contributed by atoms with Gasteiger partial charge in [0, 0.05) is 25.6 Å². The lowest BCUT2D eigenvalue weighted by Crippen LogP contribution is -2.55. The minimum absolute atomic E-state index is 0. The van der Waals surface area contributed by atoms with Gasteiger partial charge in [-0.3, -0.25) is 4.79 Å². The zero-order valence-electron chi connectivity index (χ0n) is 19.9. The quantitative estimate of drug-likeness (QED) is 0.102. The van der Waals surface area contributed by atoms with Gasteiger partial charge in [0.15, 0.2) is 0 Å². The second-order valence-corrected chi connectivity index (χ2v) is 9.46. The van der Waals surface area contributed by atoms with Gasteiger partial charge in [-0.25, -0.2) is 23.1 Å². The smallest absolute Gasteiger partial charge is 0.480 e. The van der Waals surface area contributed by atoms with Crippen LogP contribution < -0.4 is 16.2 Å². The third-order valence-corrected chi connectivity index (χ3v) is 6.14. The van der Waals surface area contributed by atoms with Gasteiger partial charge in [0.05, 0.1) is 6.04 Å². The van der Waals surface area contributed by atoms with Gasteiger partial charge in [-0.05, 0) is 12.7 Å². The molecule has 0 bridgehead atoms. The van der Waals surface area contributed by atoms with Crippen LogP contribution in [-0.2, 0) is 24.6 Å². The first-order valence-electron chi connectivity index (χ1n) is 10.1. The summed E-state index contributed by atoms with van der Waals surface area (Å²) in [6.07, 6.45) is -12.7. The summed E-state index contributed by atoms with van der Waals surface area (Å²) in [6, 6.07) is -1.69. The Morgan fingerprint density at radius 3 is 1.73 bits per heavy atom. The van der Waals surface area contributed by atoms with E-state index in [1.54, 1.807) is 0 Å². The molecular formula is C15H27BF8N4O10S2. The average molecular weight is 650 g/mol. The second kappa shape index (κ2) is 17.1. The Morgan fingerprint density at radius 1 is 1.02 bits per heavy atom. The lowest BCUT2D eigenvalue weighted by Gasteiger charge is -2.25. The number of hydrogen-bond acceptors (Lipinski definition) is 9. The summed E-state index contributed by atoms with van der Waals surface area (Å²) in [4.78, 5) is 29.3. The highest BCUT2D eigenvalue weighted by atomic mass is 32.2. The molecule has 25 heteroatoms. The molecule has 0 aromatic rings. The van der Waals surface area contributed by atoms with Crippen molar-refractivity contribution < 1.29 is 83.3 Å². The number of carboxylic acid groups (broad SMARTS) is 3. The summed E-state index contributed by atoms with van der Waals surface area (Å²) in [5.41, 5.74) is 9.07. The molecule has 0 radical (unpaired) electrons. The number of carboxylic acids is 3. The third kappa shape index (κ3) is 15.7. The molecule has 1 fully saturated rings. The standard InChI is InChI=1S/C11H23BF2N4O6S.2C2HF3O2.H2S/c13-9(14)8(15)4-17-25(23,24)18-5-7(2-1-3-12(21)22)11(16,6-18)10(19)20;2*3-2(4,5)1(6)7;/h7-9,17,21-22H,1-6,15-16H2,(H,19,20);2*(H,6,7);1H2/t7-,8-,11-;;;/m0.../s1. The minimum atomic E-state index is -5.08. The van der Waals surface area contributed by atoms with Gasteiger partial charge in [0.1, 0.15) is 5.54 Å². The summed E-state index contributed by atoms with van der Waals surface area (Å²) < 4.78 is 115.